The minimum absolute atomic E-state index is 0.428. The van der Waals surface area contributed by atoms with Crippen LogP contribution in [0.1, 0.15) is 32.4 Å². The SMILES string of the molecule is COc1ccc([C@H](N)C(=O)OC(C)(C)C)cc1. The molecule has 0 radical (unpaired) electrons. The number of benzene rings is 1. The number of hydrogen-bond donors (Lipinski definition) is 1. The van der Waals surface area contributed by atoms with Crippen LogP contribution in [-0.4, -0.2) is 18.7 Å². The van der Waals surface area contributed by atoms with Crippen LogP contribution in [0.5, 0.6) is 5.75 Å². The Morgan fingerprint density at radius 3 is 2.18 bits per heavy atom. The first kappa shape index (κ1) is 13.5. The molecule has 94 valence electrons. The molecule has 0 spiro atoms. The lowest BCUT2D eigenvalue weighted by atomic mass is 10.1. The van der Waals surface area contributed by atoms with Gasteiger partial charge in [0.15, 0.2) is 0 Å². The van der Waals surface area contributed by atoms with Gasteiger partial charge in [-0.3, -0.25) is 0 Å². The molecule has 4 heteroatoms. The third-order valence-corrected chi connectivity index (χ3v) is 2.14. The van der Waals surface area contributed by atoms with Gasteiger partial charge >= 0.3 is 5.97 Å². The van der Waals surface area contributed by atoms with Gasteiger partial charge in [0.05, 0.1) is 7.11 Å². The molecule has 1 aromatic carbocycles. The molecule has 0 saturated carbocycles. The molecule has 0 unspecified atom stereocenters. The molecule has 0 bridgehead atoms. The molecule has 0 amide bonds. The summed E-state index contributed by atoms with van der Waals surface area (Å²) >= 11 is 0. The normalized spacial score (nSPS) is 13.0. The second-order valence-corrected chi connectivity index (χ2v) is 4.78. The summed E-state index contributed by atoms with van der Waals surface area (Å²) < 4.78 is 10.2. The Balaban J connectivity index is 2.74. The summed E-state index contributed by atoms with van der Waals surface area (Å²) in [5.41, 5.74) is 6.00. The molecule has 4 nitrogen and oxygen atoms in total. The zero-order chi connectivity index (χ0) is 13.1. The number of carbonyl (C=O) groups excluding carboxylic acids is 1. The van der Waals surface area contributed by atoms with Gasteiger partial charge in [0.2, 0.25) is 0 Å². The van der Waals surface area contributed by atoms with Crippen LogP contribution in [-0.2, 0) is 9.53 Å². The lowest BCUT2D eigenvalue weighted by Gasteiger charge is -2.22. The first-order valence-corrected chi connectivity index (χ1v) is 5.46. The van der Waals surface area contributed by atoms with E-state index in [1.807, 2.05) is 20.8 Å². The Kier molecular flexibility index (Phi) is 4.12. The number of hydrogen-bond acceptors (Lipinski definition) is 4. The van der Waals surface area contributed by atoms with Crippen LogP contribution in [0.3, 0.4) is 0 Å². The molecule has 0 fully saturated rings. The summed E-state index contributed by atoms with van der Waals surface area (Å²) in [7, 11) is 1.59. The van der Waals surface area contributed by atoms with Crippen LogP contribution < -0.4 is 10.5 Å². The third-order valence-electron chi connectivity index (χ3n) is 2.14. The maximum absolute atomic E-state index is 11.7. The fourth-order valence-electron chi connectivity index (χ4n) is 1.31. The molecular formula is C13H19NO3. The molecule has 1 aromatic rings. The lowest BCUT2D eigenvalue weighted by molar-refractivity contribution is -0.156. The Bertz CT molecular complexity index is 379. The van der Waals surface area contributed by atoms with Gasteiger partial charge in [0.25, 0.3) is 0 Å². The van der Waals surface area contributed by atoms with Crippen LogP contribution in [0.25, 0.3) is 0 Å². The number of ether oxygens (including phenoxy) is 2. The van der Waals surface area contributed by atoms with E-state index in [2.05, 4.69) is 0 Å². The van der Waals surface area contributed by atoms with Gasteiger partial charge in [-0.2, -0.15) is 0 Å². The summed E-state index contributed by atoms with van der Waals surface area (Å²) in [5, 5.41) is 0. The number of methoxy groups -OCH3 is 1. The van der Waals surface area contributed by atoms with E-state index >= 15 is 0 Å². The second kappa shape index (κ2) is 5.19. The van der Waals surface area contributed by atoms with Crippen molar-refractivity contribution < 1.29 is 14.3 Å². The number of nitrogens with two attached hydrogens (primary N) is 1. The van der Waals surface area contributed by atoms with E-state index in [0.29, 0.717) is 5.56 Å². The maximum atomic E-state index is 11.7. The lowest BCUT2D eigenvalue weighted by Crippen LogP contribution is -2.31. The molecular weight excluding hydrogens is 218 g/mol. The van der Waals surface area contributed by atoms with Crippen LogP contribution in [0.4, 0.5) is 0 Å². The van der Waals surface area contributed by atoms with Gasteiger partial charge in [-0.15, -0.1) is 0 Å². The average molecular weight is 237 g/mol. The monoisotopic (exact) mass is 237 g/mol. The highest BCUT2D eigenvalue weighted by molar-refractivity contribution is 5.77. The largest absolute Gasteiger partial charge is 0.497 e. The van der Waals surface area contributed by atoms with Crippen molar-refractivity contribution in [1.29, 1.82) is 0 Å². The quantitative estimate of drug-likeness (QED) is 0.817. The molecule has 17 heavy (non-hydrogen) atoms. The zero-order valence-electron chi connectivity index (χ0n) is 10.7. The van der Waals surface area contributed by atoms with Crippen molar-refractivity contribution in [2.75, 3.05) is 7.11 Å². The smallest absolute Gasteiger partial charge is 0.328 e. The van der Waals surface area contributed by atoms with Gasteiger partial charge in [0.1, 0.15) is 17.4 Å². The predicted molar refractivity (Wildman–Crippen MR) is 65.8 cm³/mol. The van der Waals surface area contributed by atoms with E-state index in [1.54, 1.807) is 31.4 Å². The summed E-state index contributed by atoms with van der Waals surface area (Å²) in [5.74, 6) is 0.299. The molecule has 0 aromatic heterocycles. The van der Waals surface area contributed by atoms with E-state index in [-0.39, 0.29) is 0 Å². The van der Waals surface area contributed by atoms with Crippen molar-refractivity contribution >= 4 is 5.97 Å². The summed E-state index contributed by atoms with van der Waals surface area (Å²) in [6.45, 7) is 5.43. The molecule has 0 aliphatic carbocycles. The van der Waals surface area contributed by atoms with Crippen molar-refractivity contribution in [3.63, 3.8) is 0 Å². The van der Waals surface area contributed by atoms with Crippen molar-refractivity contribution in [2.24, 2.45) is 5.73 Å². The van der Waals surface area contributed by atoms with Crippen molar-refractivity contribution in [3.8, 4) is 5.75 Å². The van der Waals surface area contributed by atoms with Crippen LogP contribution >= 0.6 is 0 Å². The van der Waals surface area contributed by atoms with E-state index in [1.165, 1.54) is 0 Å². The Morgan fingerprint density at radius 2 is 1.76 bits per heavy atom. The van der Waals surface area contributed by atoms with E-state index in [4.69, 9.17) is 15.2 Å². The zero-order valence-corrected chi connectivity index (χ0v) is 10.7. The molecule has 0 heterocycles. The van der Waals surface area contributed by atoms with Gasteiger partial charge in [-0.05, 0) is 38.5 Å². The van der Waals surface area contributed by atoms with Gasteiger partial charge in [0, 0.05) is 0 Å². The van der Waals surface area contributed by atoms with Gasteiger partial charge in [-0.1, -0.05) is 12.1 Å². The Hall–Kier alpha value is -1.55. The maximum Gasteiger partial charge on any atom is 0.328 e. The van der Waals surface area contributed by atoms with E-state index in [9.17, 15) is 4.79 Å². The third kappa shape index (κ3) is 4.07. The predicted octanol–water partition coefficient (Wildman–Crippen LogP) is 2.04. The highest BCUT2D eigenvalue weighted by Gasteiger charge is 2.23. The molecule has 0 aliphatic heterocycles. The fourth-order valence-corrected chi connectivity index (χ4v) is 1.31. The molecule has 2 N–H and O–H groups in total. The summed E-state index contributed by atoms with van der Waals surface area (Å²) in [4.78, 5) is 11.7. The highest BCUT2D eigenvalue weighted by Crippen LogP contribution is 2.19. The number of esters is 1. The standard InChI is InChI=1S/C13H19NO3/c1-13(2,3)17-12(15)11(14)9-5-7-10(16-4)8-6-9/h5-8,11H,14H2,1-4H3/t11-/m0/s1. The first-order chi connectivity index (χ1) is 7.83. The van der Waals surface area contributed by atoms with Gasteiger partial charge < -0.3 is 15.2 Å². The highest BCUT2D eigenvalue weighted by atomic mass is 16.6. The molecule has 0 aliphatic rings. The van der Waals surface area contributed by atoms with Crippen molar-refractivity contribution in [1.82, 2.24) is 0 Å². The number of carbonyl (C=O) groups is 1. The van der Waals surface area contributed by atoms with Crippen molar-refractivity contribution in [3.05, 3.63) is 29.8 Å². The minimum atomic E-state index is -0.764. The average Bonchev–Trinajstić information content (AvgIpc) is 2.26. The van der Waals surface area contributed by atoms with Crippen molar-refractivity contribution in [2.45, 2.75) is 32.4 Å². The van der Waals surface area contributed by atoms with E-state index < -0.39 is 17.6 Å². The Labute approximate surface area is 102 Å². The van der Waals surface area contributed by atoms with E-state index in [0.717, 1.165) is 5.75 Å². The topological polar surface area (TPSA) is 61.5 Å². The summed E-state index contributed by atoms with van der Waals surface area (Å²) in [6, 6.07) is 6.28. The van der Waals surface area contributed by atoms with Crippen LogP contribution in [0.2, 0.25) is 0 Å². The minimum Gasteiger partial charge on any atom is -0.497 e. The Morgan fingerprint density at radius 1 is 1.24 bits per heavy atom. The molecule has 1 atom stereocenters. The van der Waals surface area contributed by atoms with Gasteiger partial charge in [-0.25, -0.2) is 4.79 Å². The first-order valence-electron chi connectivity index (χ1n) is 5.46. The second-order valence-electron chi connectivity index (χ2n) is 4.78. The number of rotatable bonds is 3. The molecule has 0 saturated heterocycles. The summed E-state index contributed by atoms with van der Waals surface area (Å²) in [6.07, 6.45) is 0. The van der Waals surface area contributed by atoms with Crippen LogP contribution in [0, 0.1) is 0 Å². The van der Waals surface area contributed by atoms with Crippen LogP contribution in [0.15, 0.2) is 24.3 Å². The fraction of sp³-hybridized carbons (Fsp3) is 0.462. The molecule has 1 rings (SSSR count).